The lowest BCUT2D eigenvalue weighted by Gasteiger charge is -2.05. The Labute approximate surface area is 175 Å². The van der Waals surface area contributed by atoms with Gasteiger partial charge in [0.05, 0.1) is 32.0 Å². The number of hydrogen-bond donors (Lipinski definition) is 1. The predicted molar refractivity (Wildman–Crippen MR) is 113 cm³/mol. The van der Waals surface area contributed by atoms with E-state index in [-0.39, 0.29) is 0 Å². The molecule has 0 fully saturated rings. The molecule has 0 aliphatic heterocycles. The molecule has 0 amide bonds. The van der Waals surface area contributed by atoms with Crippen molar-refractivity contribution in [2.45, 2.75) is 0 Å². The molecule has 2 aromatic carbocycles. The second-order valence-corrected chi connectivity index (χ2v) is 7.40. The highest BCUT2D eigenvalue weighted by molar-refractivity contribution is 6.46. The number of benzene rings is 2. The Hall–Kier alpha value is -2.04. The Morgan fingerprint density at radius 2 is 1.37 bits per heavy atom. The van der Waals surface area contributed by atoms with Gasteiger partial charge in [-0.3, -0.25) is 4.98 Å². The molecular weight excluding hydrogens is 424 g/mol. The van der Waals surface area contributed by atoms with Crippen LogP contribution in [0.15, 0.2) is 60.9 Å². The van der Waals surface area contributed by atoms with E-state index in [4.69, 9.17) is 51.4 Å². The molecule has 3 nitrogen and oxygen atoms in total. The quantitative estimate of drug-likeness (QED) is 0.341. The minimum atomic E-state index is 0.349. The average molecular weight is 435 g/mol. The number of nitrogens with one attached hydrogen (secondary N) is 1. The van der Waals surface area contributed by atoms with E-state index >= 15 is 0 Å². The second-order valence-electron chi connectivity index (χ2n) is 5.77. The van der Waals surface area contributed by atoms with Crippen molar-refractivity contribution in [2.24, 2.45) is 0 Å². The zero-order chi connectivity index (χ0) is 19.0. The highest BCUT2D eigenvalue weighted by Gasteiger charge is 2.20. The summed E-state index contributed by atoms with van der Waals surface area (Å²) in [4.78, 5) is 12.2. The molecule has 7 heteroatoms. The van der Waals surface area contributed by atoms with Gasteiger partial charge in [-0.1, -0.05) is 58.5 Å². The smallest absolute Gasteiger partial charge is 0.141 e. The first-order chi connectivity index (χ1) is 13.0. The fraction of sp³-hybridized carbons (Fsp3) is 0. The standard InChI is InChI=1S/C20H11Cl4N3/c21-13-3-1-11(2-4-13)18-19(12-7-9-25-10-8-12)27-20(26-18)16-14(22)5-6-15(23)17(16)24/h1-10H,(H,26,27). The fourth-order valence-electron chi connectivity index (χ4n) is 2.78. The van der Waals surface area contributed by atoms with E-state index in [1.165, 1.54) is 0 Å². The van der Waals surface area contributed by atoms with Gasteiger partial charge in [0.2, 0.25) is 0 Å². The first-order valence-electron chi connectivity index (χ1n) is 7.95. The number of pyridine rings is 1. The summed E-state index contributed by atoms with van der Waals surface area (Å²) in [6.07, 6.45) is 3.43. The van der Waals surface area contributed by atoms with Gasteiger partial charge in [0.1, 0.15) is 5.82 Å². The van der Waals surface area contributed by atoms with Gasteiger partial charge in [-0.15, -0.1) is 0 Å². The van der Waals surface area contributed by atoms with Gasteiger partial charge in [-0.2, -0.15) is 0 Å². The maximum absolute atomic E-state index is 6.40. The summed E-state index contributed by atoms with van der Waals surface area (Å²) in [5, 5.41) is 1.87. The molecule has 1 N–H and O–H groups in total. The van der Waals surface area contributed by atoms with Crippen molar-refractivity contribution >= 4 is 46.4 Å². The third kappa shape index (κ3) is 3.56. The van der Waals surface area contributed by atoms with E-state index in [2.05, 4.69) is 9.97 Å². The molecule has 27 heavy (non-hydrogen) atoms. The van der Waals surface area contributed by atoms with Gasteiger partial charge in [0.25, 0.3) is 0 Å². The molecule has 0 saturated carbocycles. The lowest BCUT2D eigenvalue weighted by Crippen LogP contribution is -1.86. The monoisotopic (exact) mass is 433 g/mol. The zero-order valence-corrected chi connectivity index (χ0v) is 16.7. The van der Waals surface area contributed by atoms with Gasteiger partial charge in [0, 0.05) is 28.5 Å². The number of halogens is 4. The summed E-state index contributed by atoms with van der Waals surface area (Å²) in [6, 6.07) is 14.6. The lowest BCUT2D eigenvalue weighted by atomic mass is 10.1. The Balaban J connectivity index is 1.96. The third-order valence-corrected chi connectivity index (χ3v) is 5.44. The first-order valence-corrected chi connectivity index (χ1v) is 9.46. The van der Waals surface area contributed by atoms with Crippen LogP contribution in [0, 0.1) is 0 Å². The van der Waals surface area contributed by atoms with Crippen LogP contribution in [-0.4, -0.2) is 15.0 Å². The summed E-state index contributed by atoms with van der Waals surface area (Å²) in [5.74, 6) is 0.532. The van der Waals surface area contributed by atoms with Crippen LogP contribution in [0.4, 0.5) is 0 Å². The summed E-state index contributed by atoms with van der Waals surface area (Å²) in [5.41, 5.74) is 3.97. The Morgan fingerprint density at radius 3 is 2.07 bits per heavy atom. The molecule has 134 valence electrons. The summed E-state index contributed by atoms with van der Waals surface area (Å²) in [7, 11) is 0. The molecule has 0 radical (unpaired) electrons. The van der Waals surface area contributed by atoms with Crippen molar-refractivity contribution in [3.8, 4) is 33.9 Å². The number of H-pyrrole nitrogens is 1. The fourth-order valence-corrected chi connectivity index (χ4v) is 3.61. The van der Waals surface area contributed by atoms with Crippen LogP contribution in [0.5, 0.6) is 0 Å². The van der Waals surface area contributed by atoms with Crippen molar-refractivity contribution in [1.82, 2.24) is 15.0 Å². The second kappa shape index (κ2) is 7.53. The highest BCUT2D eigenvalue weighted by Crippen LogP contribution is 2.40. The SMILES string of the molecule is Clc1ccc(-c2[nH]c(-c3c(Cl)ccc(Cl)c3Cl)nc2-c2ccncc2)cc1. The van der Waals surface area contributed by atoms with E-state index in [9.17, 15) is 0 Å². The molecule has 4 aromatic rings. The van der Waals surface area contributed by atoms with Crippen molar-refractivity contribution in [3.05, 3.63) is 81.0 Å². The van der Waals surface area contributed by atoms with Crippen LogP contribution < -0.4 is 0 Å². The summed E-state index contributed by atoms with van der Waals surface area (Å²) in [6.45, 7) is 0. The van der Waals surface area contributed by atoms with Crippen LogP contribution in [0.25, 0.3) is 33.9 Å². The predicted octanol–water partition coefficient (Wildman–Crippen LogP) is 7.42. The van der Waals surface area contributed by atoms with Gasteiger partial charge >= 0.3 is 0 Å². The molecule has 0 atom stereocenters. The Morgan fingerprint density at radius 1 is 0.704 bits per heavy atom. The molecular formula is C20H11Cl4N3. The minimum Gasteiger partial charge on any atom is -0.337 e. The maximum Gasteiger partial charge on any atom is 0.141 e. The van der Waals surface area contributed by atoms with E-state index < -0.39 is 0 Å². The first kappa shape index (κ1) is 18.3. The summed E-state index contributed by atoms with van der Waals surface area (Å²) < 4.78 is 0. The molecule has 0 aliphatic carbocycles. The molecule has 2 aromatic heterocycles. The Bertz CT molecular complexity index is 1110. The van der Waals surface area contributed by atoms with Crippen molar-refractivity contribution in [2.75, 3.05) is 0 Å². The van der Waals surface area contributed by atoms with Gasteiger partial charge in [-0.25, -0.2) is 4.98 Å². The van der Waals surface area contributed by atoms with E-state index in [0.29, 0.717) is 31.5 Å². The lowest BCUT2D eigenvalue weighted by molar-refractivity contribution is 1.30. The van der Waals surface area contributed by atoms with E-state index in [1.807, 2.05) is 36.4 Å². The van der Waals surface area contributed by atoms with Crippen molar-refractivity contribution < 1.29 is 0 Å². The molecule has 0 spiro atoms. The number of hydrogen-bond acceptors (Lipinski definition) is 2. The van der Waals surface area contributed by atoms with Crippen LogP contribution in [0.1, 0.15) is 0 Å². The van der Waals surface area contributed by atoms with Crippen LogP contribution in [0.2, 0.25) is 20.1 Å². The highest BCUT2D eigenvalue weighted by atomic mass is 35.5. The summed E-state index contributed by atoms with van der Waals surface area (Å²) >= 11 is 25.0. The maximum atomic E-state index is 6.40. The van der Waals surface area contributed by atoms with Crippen LogP contribution in [-0.2, 0) is 0 Å². The van der Waals surface area contributed by atoms with Crippen molar-refractivity contribution in [1.29, 1.82) is 0 Å². The van der Waals surface area contributed by atoms with E-state index in [1.54, 1.807) is 24.5 Å². The topological polar surface area (TPSA) is 41.6 Å². The third-order valence-electron chi connectivity index (χ3n) is 4.07. The average Bonchev–Trinajstić information content (AvgIpc) is 3.11. The Kier molecular flexibility index (Phi) is 5.11. The number of aromatic amines is 1. The van der Waals surface area contributed by atoms with Gasteiger partial charge < -0.3 is 4.98 Å². The molecule has 0 unspecified atom stereocenters. The normalized spacial score (nSPS) is 11.0. The molecule has 2 heterocycles. The van der Waals surface area contributed by atoms with E-state index in [0.717, 1.165) is 22.5 Å². The zero-order valence-electron chi connectivity index (χ0n) is 13.7. The van der Waals surface area contributed by atoms with Gasteiger partial charge in [0.15, 0.2) is 0 Å². The molecule has 0 aliphatic rings. The van der Waals surface area contributed by atoms with Crippen LogP contribution >= 0.6 is 46.4 Å². The van der Waals surface area contributed by atoms with Crippen molar-refractivity contribution in [3.63, 3.8) is 0 Å². The largest absolute Gasteiger partial charge is 0.337 e. The van der Waals surface area contributed by atoms with Gasteiger partial charge in [-0.05, 0) is 36.4 Å². The number of imidazole rings is 1. The number of nitrogens with zero attached hydrogens (tertiary/aromatic N) is 2. The molecule has 0 saturated heterocycles. The van der Waals surface area contributed by atoms with Crippen LogP contribution in [0.3, 0.4) is 0 Å². The molecule has 4 rings (SSSR count). The molecule has 0 bridgehead atoms. The minimum absolute atomic E-state index is 0.349. The number of aromatic nitrogens is 3. The number of rotatable bonds is 3.